The lowest BCUT2D eigenvalue weighted by atomic mass is 10.0. The number of ether oxygens (including phenoxy) is 3. The van der Waals surface area contributed by atoms with Gasteiger partial charge in [0.05, 0.1) is 7.11 Å². The van der Waals surface area contributed by atoms with Crippen LogP contribution in [-0.4, -0.2) is 43.9 Å². The Balaban J connectivity index is 1.14. The molecule has 1 aromatic heterocycles. The van der Waals surface area contributed by atoms with E-state index in [4.69, 9.17) is 19.2 Å². The second-order valence-electron chi connectivity index (χ2n) is 9.08. The van der Waals surface area contributed by atoms with Crippen molar-refractivity contribution < 1.29 is 19.0 Å². The number of nitrogens with zero attached hydrogens (tertiary/aromatic N) is 1. The van der Waals surface area contributed by atoms with Crippen molar-refractivity contribution in [1.82, 2.24) is 10.3 Å². The predicted octanol–water partition coefficient (Wildman–Crippen LogP) is 4.43. The van der Waals surface area contributed by atoms with Crippen LogP contribution in [0.15, 0.2) is 30.3 Å². The SMILES string of the molecule is COC(=O)[C@H](CCCCCCCc1ccc2c(n1)NCCC2)NCc1ccc2c(c1)OCCO2. The van der Waals surface area contributed by atoms with Gasteiger partial charge in [0.25, 0.3) is 0 Å². The number of carbonyl (C=O) groups is 1. The first-order valence-electron chi connectivity index (χ1n) is 12.7. The zero-order chi connectivity index (χ0) is 23.6. The van der Waals surface area contributed by atoms with E-state index >= 15 is 0 Å². The standard InChI is InChI=1S/C27H37N3O4/c1-32-27(31)23(29-19-20-11-14-24-25(18-20)34-17-16-33-24)10-6-4-2-3-5-9-22-13-12-21-8-7-15-28-26(21)30-22/h11-14,18,23,29H,2-10,15-17,19H2,1H3,(H,28,30)/t23-/m0/s1. The second-order valence-corrected chi connectivity index (χ2v) is 9.08. The van der Waals surface area contributed by atoms with Crippen molar-refractivity contribution in [2.45, 2.75) is 70.4 Å². The van der Waals surface area contributed by atoms with E-state index in [2.05, 4.69) is 22.8 Å². The van der Waals surface area contributed by atoms with Crippen LogP contribution in [0.25, 0.3) is 0 Å². The summed E-state index contributed by atoms with van der Waals surface area (Å²) in [5.41, 5.74) is 3.59. The molecule has 3 heterocycles. The van der Waals surface area contributed by atoms with Crippen molar-refractivity contribution in [1.29, 1.82) is 0 Å². The quantitative estimate of drug-likeness (QED) is 0.353. The molecule has 2 aliphatic heterocycles. The molecule has 1 aromatic carbocycles. The van der Waals surface area contributed by atoms with Crippen LogP contribution in [0.1, 0.15) is 61.8 Å². The van der Waals surface area contributed by atoms with Crippen LogP contribution in [0.3, 0.4) is 0 Å². The first-order chi connectivity index (χ1) is 16.7. The summed E-state index contributed by atoms with van der Waals surface area (Å²) >= 11 is 0. The van der Waals surface area contributed by atoms with Gasteiger partial charge in [0.2, 0.25) is 0 Å². The molecule has 0 amide bonds. The smallest absolute Gasteiger partial charge is 0.322 e. The van der Waals surface area contributed by atoms with Gasteiger partial charge in [-0.25, -0.2) is 4.98 Å². The number of carbonyl (C=O) groups excluding carboxylic acids is 1. The Bertz CT molecular complexity index is 949. The fourth-order valence-electron chi connectivity index (χ4n) is 4.58. The summed E-state index contributed by atoms with van der Waals surface area (Å²) in [6.45, 7) is 2.76. The van der Waals surface area contributed by atoms with Crippen molar-refractivity contribution in [3.8, 4) is 11.5 Å². The van der Waals surface area contributed by atoms with E-state index in [0.29, 0.717) is 19.8 Å². The highest BCUT2D eigenvalue weighted by Gasteiger charge is 2.19. The summed E-state index contributed by atoms with van der Waals surface area (Å²) < 4.78 is 16.2. The van der Waals surface area contributed by atoms with Gasteiger partial charge in [-0.15, -0.1) is 0 Å². The summed E-state index contributed by atoms with van der Waals surface area (Å²) in [5.74, 6) is 2.42. The zero-order valence-electron chi connectivity index (χ0n) is 20.2. The number of anilines is 1. The van der Waals surface area contributed by atoms with E-state index in [9.17, 15) is 4.79 Å². The first-order valence-corrected chi connectivity index (χ1v) is 12.7. The van der Waals surface area contributed by atoms with Crippen molar-refractivity contribution in [3.05, 3.63) is 47.2 Å². The number of hydrogen-bond donors (Lipinski definition) is 2. The maximum Gasteiger partial charge on any atom is 0.322 e. The number of hydrogen-bond acceptors (Lipinski definition) is 7. The number of aryl methyl sites for hydroxylation is 2. The number of methoxy groups -OCH3 is 1. The summed E-state index contributed by atoms with van der Waals surface area (Å²) in [4.78, 5) is 17.0. The predicted molar refractivity (Wildman–Crippen MR) is 133 cm³/mol. The largest absolute Gasteiger partial charge is 0.486 e. The van der Waals surface area contributed by atoms with Crippen LogP contribution in [0.4, 0.5) is 5.82 Å². The summed E-state index contributed by atoms with van der Waals surface area (Å²) in [7, 11) is 1.45. The molecule has 34 heavy (non-hydrogen) atoms. The average molecular weight is 468 g/mol. The van der Waals surface area contributed by atoms with Gasteiger partial charge in [0.1, 0.15) is 25.1 Å². The number of aromatic nitrogens is 1. The van der Waals surface area contributed by atoms with Gasteiger partial charge < -0.3 is 24.8 Å². The highest BCUT2D eigenvalue weighted by atomic mass is 16.6. The number of fused-ring (bicyclic) bond motifs is 2. The molecule has 2 aromatic rings. The number of pyridine rings is 1. The van der Waals surface area contributed by atoms with Crippen LogP contribution >= 0.6 is 0 Å². The molecule has 0 bridgehead atoms. The van der Waals surface area contributed by atoms with E-state index in [1.807, 2.05) is 18.2 Å². The minimum Gasteiger partial charge on any atom is -0.486 e. The minimum atomic E-state index is -0.301. The first kappa shape index (κ1) is 24.3. The van der Waals surface area contributed by atoms with Crippen LogP contribution in [-0.2, 0) is 28.9 Å². The molecule has 0 unspecified atom stereocenters. The Hall–Kier alpha value is -2.80. The third-order valence-corrected chi connectivity index (χ3v) is 6.52. The Morgan fingerprint density at radius 1 is 1.09 bits per heavy atom. The van der Waals surface area contributed by atoms with Gasteiger partial charge in [0, 0.05) is 18.8 Å². The molecule has 0 aliphatic carbocycles. The molecule has 7 heteroatoms. The van der Waals surface area contributed by atoms with Gasteiger partial charge in [-0.2, -0.15) is 0 Å². The summed E-state index contributed by atoms with van der Waals surface area (Å²) in [6, 6.07) is 10.0. The molecule has 1 atom stereocenters. The van der Waals surface area contributed by atoms with E-state index in [-0.39, 0.29) is 12.0 Å². The van der Waals surface area contributed by atoms with E-state index in [1.165, 1.54) is 37.6 Å². The minimum absolute atomic E-state index is 0.204. The van der Waals surface area contributed by atoms with Crippen molar-refractivity contribution in [3.63, 3.8) is 0 Å². The van der Waals surface area contributed by atoms with Gasteiger partial charge in [-0.1, -0.05) is 37.8 Å². The Labute approximate surface area is 202 Å². The van der Waals surface area contributed by atoms with Crippen LogP contribution < -0.4 is 20.1 Å². The fourth-order valence-corrected chi connectivity index (χ4v) is 4.58. The second kappa shape index (κ2) is 12.6. The number of nitrogens with one attached hydrogen (secondary N) is 2. The van der Waals surface area contributed by atoms with Crippen LogP contribution in [0.5, 0.6) is 11.5 Å². The number of benzene rings is 1. The van der Waals surface area contributed by atoms with Gasteiger partial charge >= 0.3 is 5.97 Å². The molecule has 2 aliphatic rings. The van der Waals surface area contributed by atoms with Crippen molar-refractivity contribution in [2.75, 3.05) is 32.2 Å². The monoisotopic (exact) mass is 467 g/mol. The number of esters is 1. The normalized spacial score (nSPS) is 15.2. The van der Waals surface area contributed by atoms with Crippen LogP contribution in [0.2, 0.25) is 0 Å². The summed E-state index contributed by atoms with van der Waals surface area (Å²) in [5, 5.41) is 6.77. The topological polar surface area (TPSA) is 81.7 Å². The zero-order valence-corrected chi connectivity index (χ0v) is 20.2. The Kier molecular flexibility index (Phi) is 9.02. The van der Waals surface area contributed by atoms with E-state index < -0.39 is 0 Å². The van der Waals surface area contributed by atoms with E-state index in [0.717, 1.165) is 68.0 Å². The lowest BCUT2D eigenvalue weighted by Crippen LogP contribution is -2.37. The molecule has 0 radical (unpaired) electrons. The number of rotatable bonds is 12. The highest BCUT2D eigenvalue weighted by Crippen LogP contribution is 2.30. The van der Waals surface area contributed by atoms with Gasteiger partial charge in [-0.3, -0.25) is 4.79 Å². The Morgan fingerprint density at radius 3 is 2.79 bits per heavy atom. The third kappa shape index (κ3) is 6.86. The molecule has 2 N–H and O–H groups in total. The molecule has 184 valence electrons. The average Bonchev–Trinajstić information content (AvgIpc) is 2.89. The molecule has 0 saturated heterocycles. The van der Waals surface area contributed by atoms with E-state index in [1.54, 1.807) is 0 Å². The van der Waals surface area contributed by atoms with Crippen molar-refractivity contribution >= 4 is 11.8 Å². The van der Waals surface area contributed by atoms with Crippen molar-refractivity contribution in [2.24, 2.45) is 0 Å². The van der Waals surface area contributed by atoms with Gasteiger partial charge in [0.15, 0.2) is 11.5 Å². The lowest BCUT2D eigenvalue weighted by Gasteiger charge is -2.20. The maximum atomic E-state index is 12.2. The molecule has 4 rings (SSSR count). The lowest BCUT2D eigenvalue weighted by molar-refractivity contribution is -0.143. The molecule has 7 nitrogen and oxygen atoms in total. The third-order valence-electron chi connectivity index (χ3n) is 6.52. The Morgan fingerprint density at radius 2 is 1.91 bits per heavy atom. The molecule has 0 saturated carbocycles. The molecule has 0 spiro atoms. The van der Waals surface area contributed by atoms with Crippen LogP contribution in [0, 0.1) is 0 Å². The molecular formula is C27H37N3O4. The summed E-state index contributed by atoms with van der Waals surface area (Å²) in [6.07, 6.45) is 9.72. The van der Waals surface area contributed by atoms with Gasteiger partial charge in [-0.05, 0) is 61.4 Å². The number of unbranched alkanes of at least 4 members (excludes halogenated alkanes) is 4. The molecule has 0 fully saturated rings. The molecular weight excluding hydrogens is 430 g/mol. The highest BCUT2D eigenvalue weighted by molar-refractivity contribution is 5.75. The fraction of sp³-hybridized carbons (Fsp3) is 0.556. The maximum absolute atomic E-state index is 12.2.